The lowest BCUT2D eigenvalue weighted by atomic mass is 9.95. The number of hydrogen-bond donors (Lipinski definition) is 2. The first-order chi connectivity index (χ1) is 17.5. The lowest BCUT2D eigenvalue weighted by molar-refractivity contribution is 0.0310. The van der Waals surface area contributed by atoms with Gasteiger partial charge in [0.05, 0.1) is 29.1 Å². The first-order valence-electron chi connectivity index (χ1n) is 12.6. The van der Waals surface area contributed by atoms with Crippen LogP contribution in [0.3, 0.4) is 0 Å². The molecule has 6 rings (SSSR count). The summed E-state index contributed by atoms with van der Waals surface area (Å²) in [5, 5.41) is 27.9. The van der Waals surface area contributed by atoms with E-state index >= 15 is 0 Å². The summed E-state index contributed by atoms with van der Waals surface area (Å²) in [6.45, 7) is 4.30. The minimum atomic E-state index is -0.722. The fraction of sp³-hybridized carbons (Fsp3) is 0.444. The van der Waals surface area contributed by atoms with E-state index in [2.05, 4.69) is 21.1 Å². The van der Waals surface area contributed by atoms with Gasteiger partial charge in [-0.3, -0.25) is 4.68 Å². The molecule has 0 spiro atoms. The number of rotatable bonds is 7. The third-order valence-corrected chi connectivity index (χ3v) is 7.01. The molecule has 36 heavy (non-hydrogen) atoms. The number of pyridine rings is 1. The number of aliphatic hydroxyl groups is 1. The Bertz CT molecular complexity index is 1300. The second-order valence-corrected chi connectivity index (χ2v) is 10.3. The Hall–Kier alpha value is -3.61. The predicted molar refractivity (Wildman–Crippen MR) is 135 cm³/mol. The Morgan fingerprint density at radius 1 is 1.17 bits per heavy atom. The molecule has 0 unspecified atom stereocenters. The highest BCUT2D eigenvalue weighted by Gasteiger charge is 2.37. The van der Waals surface area contributed by atoms with Crippen molar-refractivity contribution in [2.24, 2.45) is 0 Å². The first-order valence-corrected chi connectivity index (χ1v) is 12.6. The van der Waals surface area contributed by atoms with Crippen molar-refractivity contribution in [1.82, 2.24) is 14.8 Å². The molecule has 0 amide bonds. The van der Waals surface area contributed by atoms with Gasteiger partial charge >= 0.3 is 0 Å². The SMILES string of the molecule is CC1(O)CN(c2cc(Nc3cc(Oc4cn(C5CC5)nc4C4CCOCC4)ccn3)ccc2C#N)C1. The highest BCUT2D eigenvalue weighted by molar-refractivity contribution is 5.70. The predicted octanol–water partition coefficient (Wildman–Crippen LogP) is 4.49. The maximum atomic E-state index is 10.1. The van der Waals surface area contributed by atoms with Crippen LogP contribution in [0.4, 0.5) is 17.2 Å². The van der Waals surface area contributed by atoms with Gasteiger partial charge in [0, 0.05) is 50.2 Å². The summed E-state index contributed by atoms with van der Waals surface area (Å²) in [4.78, 5) is 6.47. The number of ether oxygens (including phenoxy) is 2. The maximum absolute atomic E-state index is 10.1. The highest BCUT2D eigenvalue weighted by Crippen LogP contribution is 2.41. The molecule has 0 bridgehead atoms. The van der Waals surface area contributed by atoms with Crippen molar-refractivity contribution in [1.29, 1.82) is 5.26 Å². The number of nitrogens with one attached hydrogen (secondary N) is 1. The molecule has 3 aliphatic rings. The van der Waals surface area contributed by atoms with E-state index in [1.165, 1.54) is 12.8 Å². The number of aromatic nitrogens is 3. The molecule has 9 heteroatoms. The molecule has 9 nitrogen and oxygen atoms in total. The van der Waals surface area contributed by atoms with Gasteiger partial charge in [-0.05, 0) is 56.9 Å². The second kappa shape index (κ2) is 9.12. The third kappa shape index (κ3) is 4.74. The molecule has 0 atom stereocenters. The zero-order valence-electron chi connectivity index (χ0n) is 20.4. The first kappa shape index (κ1) is 22.8. The van der Waals surface area contributed by atoms with E-state index in [1.807, 2.05) is 35.4 Å². The average molecular weight is 487 g/mol. The van der Waals surface area contributed by atoms with Gasteiger partial charge < -0.3 is 24.8 Å². The molecule has 2 saturated heterocycles. The Kier molecular flexibility index (Phi) is 5.78. The fourth-order valence-corrected chi connectivity index (χ4v) is 4.98. The van der Waals surface area contributed by atoms with Crippen molar-refractivity contribution in [2.45, 2.75) is 50.2 Å². The second-order valence-electron chi connectivity index (χ2n) is 10.3. The summed E-state index contributed by atoms with van der Waals surface area (Å²) in [5.74, 6) is 2.47. The molecular weight excluding hydrogens is 456 g/mol. The normalized spacial score (nSPS) is 19.4. The van der Waals surface area contributed by atoms with Gasteiger partial charge in [-0.2, -0.15) is 10.4 Å². The van der Waals surface area contributed by atoms with E-state index in [-0.39, 0.29) is 0 Å². The highest BCUT2D eigenvalue weighted by atomic mass is 16.5. The van der Waals surface area contributed by atoms with E-state index in [9.17, 15) is 10.4 Å². The average Bonchev–Trinajstić information content (AvgIpc) is 3.63. The maximum Gasteiger partial charge on any atom is 0.168 e. The van der Waals surface area contributed by atoms with Crippen LogP contribution >= 0.6 is 0 Å². The molecule has 2 aromatic heterocycles. The molecule has 2 aliphatic heterocycles. The largest absolute Gasteiger partial charge is 0.454 e. The third-order valence-electron chi connectivity index (χ3n) is 7.01. The van der Waals surface area contributed by atoms with Crippen molar-refractivity contribution in [3.05, 3.63) is 54.0 Å². The Labute approximate surface area is 210 Å². The summed E-state index contributed by atoms with van der Waals surface area (Å²) < 4.78 is 14.0. The Morgan fingerprint density at radius 3 is 2.69 bits per heavy atom. The van der Waals surface area contributed by atoms with Crippen molar-refractivity contribution in [3.63, 3.8) is 0 Å². The quantitative estimate of drug-likeness (QED) is 0.503. The molecule has 1 saturated carbocycles. The number of benzene rings is 1. The number of β-amino-alcohol motifs (C(OH)–C–C–N with tert-alkyl or cyclic N) is 1. The molecule has 2 N–H and O–H groups in total. The van der Waals surface area contributed by atoms with Crippen molar-refractivity contribution >= 4 is 17.2 Å². The van der Waals surface area contributed by atoms with Crippen LogP contribution in [0.1, 0.15) is 55.8 Å². The molecule has 186 valence electrons. The van der Waals surface area contributed by atoms with Crippen LogP contribution < -0.4 is 15.0 Å². The molecule has 0 radical (unpaired) electrons. The van der Waals surface area contributed by atoms with Crippen LogP contribution in [0.15, 0.2) is 42.7 Å². The van der Waals surface area contributed by atoms with E-state index < -0.39 is 5.60 Å². The lowest BCUT2D eigenvalue weighted by Gasteiger charge is -2.46. The van der Waals surface area contributed by atoms with Crippen LogP contribution in [-0.2, 0) is 4.74 Å². The Balaban J connectivity index is 1.21. The minimum absolute atomic E-state index is 0.340. The standard InChI is InChI=1S/C27H30N6O3/c1-27(34)16-32(17-27)23-12-20(3-2-19(23)14-28)30-25-13-22(6-9-29-25)36-24-15-33(21-4-5-21)31-26(24)18-7-10-35-11-8-18/h2-3,6,9,12-13,15,18,21,34H,4-5,7-8,10-11,16-17H2,1H3,(H,29,30). The van der Waals surface area contributed by atoms with Crippen LogP contribution in [0.25, 0.3) is 0 Å². The van der Waals surface area contributed by atoms with Gasteiger partial charge in [-0.1, -0.05) is 0 Å². The van der Waals surface area contributed by atoms with Crippen LogP contribution in [0.2, 0.25) is 0 Å². The van der Waals surface area contributed by atoms with Gasteiger partial charge in [0.25, 0.3) is 0 Å². The smallest absolute Gasteiger partial charge is 0.168 e. The number of nitrogens with zero attached hydrogens (tertiary/aromatic N) is 5. The van der Waals surface area contributed by atoms with E-state index in [0.717, 1.165) is 48.9 Å². The summed E-state index contributed by atoms with van der Waals surface area (Å²) in [6, 6.07) is 12.0. The topological polar surface area (TPSA) is 108 Å². The fourth-order valence-electron chi connectivity index (χ4n) is 4.98. The molecule has 1 aromatic carbocycles. The van der Waals surface area contributed by atoms with E-state index in [1.54, 1.807) is 19.2 Å². The molecular formula is C27H30N6O3. The summed E-state index contributed by atoms with van der Waals surface area (Å²) in [7, 11) is 0. The van der Waals surface area contributed by atoms with Crippen molar-refractivity contribution in [2.75, 3.05) is 36.5 Å². The van der Waals surface area contributed by atoms with Crippen LogP contribution in [0, 0.1) is 11.3 Å². The van der Waals surface area contributed by atoms with Gasteiger partial charge in [0.2, 0.25) is 0 Å². The minimum Gasteiger partial charge on any atom is -0.454 e. The van der Waals surface area contributed by atoms with Crippen LogP contribution in [0.5, 0.6) is 11.5 Å². The van der Waals surface area contributed by atoms with Crippen molar-refractivity contribution < 1.29 is 14.6 Å². The molecule has 3 aromatic rings. The lowest BCUT2D eigenvalue weighted by Crippen LogP contribution is -2.60. The van der Waals surface area contributed by atoms with Gasteiger partial charge in [-0.25, -0.2) is 4.98 Å². The van der Waals surface area contributed by atoms with E-state index in [0.29, 0.717) is 42.2 Å². The van der Waals surface area contributed by atoms with E-state index in [4.69, 9.17) is 14.6 Å². The van der Waals surface area contributed by atoms with Gasteiger partial charge in [0.1, 0.15) is 23.3 Å². The Morgan fingerprint density at radius 2 is 1.97 bits per heavy atom. The summed E-state index contributed by atoms with van der Waals surface area (Å²) in [6.07, 6.45) is 7.99. The summed E-state index contributed by atoms with van der Waals surface area (Å²) >= 11 is 0. The summed E-state index contributed by atoms with van der Waals surface area (Å²) in [5.41, 5.74) is 2.48. The molecule has 4 heterocycles. The number of anilines is 3. The molecule has 3 fully saturated rings. The number of hydrogen-bond acceptors (Lipinski definition) is 8. The van der Waals surface area contributed by atoms with Crippen molar-refractivity contribution in [3.8, 4) is 17.6 Å². The zero-order valence-corrected chi connectivity index (χ0v) is 20.4. The van der Waals surface area contributed by atoms with Gasteiger partial charge in [-0.15, -0.1) is 0 Å². The number of nitriles is 1. The van der Waals surface area contributed by atoms with Gasteiger partial charge in [0.15, 0.2) is 5.75 Å². The molecule has 1 aliphatic carbocycles. The van der Waals surface area contributed by atoms with Crippen LogP contribution in [-0.4, -0.2) is 51.8 Å². The zero-order chi connectivity index (χ0) is 24.7. The monoisotopic (exact) mass is 486 g/mol.